The lowest BCUT2D eigenvalue weighted by Gasteiger charge is -2.26. The van der Waals surface area contributed by atoms with Crippen molar-refractivity contribution in [2.75, 3.05) is 0 Å². The number of rotatable bonds is 5. The molecule has 0 radical (unpaired) electrons. The van der Waals surface area contributed by atoms with Crippen molar-refractivity contribution in [1.82, 2.24) is 0 Å². The van der Waals surface area contributed by atoms with Gasteiger partial charge in [-0.3, -0.25) is 4.79 Å². The van der Waals surface area contributed by atoms with E-state index in [1.807, 2.05) is 0 Å². The third kappa shape index (κ3) is 5.90. The van der Waals surface area contributed by atoms with E-state index in [1.165, 1.54) is 13.8 Å². The van der Waals surface area contributed by atoms with Crippen molar-refractivity contribution >= 4 is 30.2 Å². The third-order valence-corrected chi connectivity index (χ3v) is 4.40. The summed E-state index contributed by atoms with van der Waals surface area (Å²) in [5.74, 6) is -1.39. The summed E-state index contributed by atoms with van der Waals surface area (Å²) >= 11 is 10.6. The second-order valence-corrected chi connectivity index (χ2v) is 7.52. The molecule has 0 bridgehead atoms. The summed E-state index contributed by atoms with van der Waals surface area (Å²) in [5, 5.41) is 10.5. The minimum Gasteiger partial charge on any atom is -0.462 e. The fourth-order valence-corrected chi connectivity index (χ4v) is 3.32. The van der Waals surface area contributed by atoms with Crippen LogP contribution in [0.5, 0.6) is 5.75 Å². The van der Waals surface area contributed by atoms with Gasteiger partial charge < -0.3 is 14.6 Å². The highest BCUT2D eigenvalue weighted by atomic mass is 35.5. The SMILES string of the molecule is CC(C)(O)Oc1c(Cl)cccc1CC(=O)OC1CCCC(S)C1. The Bertz CT molecular complexity index is 556. The van der Waals surface area contributed by atoms with Crippen molar-refractivity contribution < 1.29 is 19.4 Å². The molecule has 0 aromatic heterocycles. The number of thiol groups is 1. The number of aliphatic hydroxyl groups is 1. The average Bonchev–Trinajstić information content (AvgIpc) is 2.41. The standard InChI is InChI=1S/C17H23ClO4S/c1-17(2,20)22-16-11(5-3-8-14(16)18)9-15(19)21-12-6-4-7-13(23)10-12/h3,5,8,12-13,20,23H,4,6-7,9-10H2,1-2H3. The second kappa shape index (κ2) is 7.77. The summed E-state index contributed by atoms with van der Waals surface area (Å²) in [6.45, 7) is 3.01. The summed E-state index contributed by atoms with van der Waals surface area (Å²) in [6.07, 6.45) is 3.74. The Balaban J connectivity index is 2.04. The van der Waals surface area contributed by atoms with Gasteiger partial charge in [-0.2, -0.15) is 12.6 Å². The molecule has 2 unspecified atom stereocenters. The monoisotopic (exact) mass is 358 g/mol. The topological polar surface area (TPSA) is 55.8 Å². The summed E-state index contributed by atoms with van der Waals surface area (Å²) in [5.41, 5.74) is 0.600. The molecule has 1 fully saturated rings. The number of halogens is 1. The van der Waals surface area contributed by atoms with Gasteiger partial charge in [0.2, 0.25) is 5.79 Å². The quantitative estimate of drug-likeness (QED) is 0.478. The number of benzene rings is 1. The van der Waals surface area contributed by atoms with E-state index in [4.69, 9.17) is 21.1 Å². The number of para-hydroxylation sites is 1. The fourth-order valence-electron chi connectivity index (χ4n) is 2.67. The van der Waals surface area contributed by atoms with Gasteiger partial charge >= 0.3 is 5.97 Å². The predicted octanol–water partition coefficient (Wildman–Crippen LogP) is 3.77. The molecule has 1 saturated carbocycles. The molecular formula is C17H23ClO4S. The first-order valence-electron chi connectivity index (χ1n) is 7.81. The van der Waals surface area contributed by atoms with Crippen molar-refractivity contribution in [3.8, 4) is 5.75 Å². The van der Waals surface area contributed by atoms with Crippen molar-refractivity contribution in [3.63, 3.8) is 0 Å². The molecular weight excluding hydrogens is 336 g/mol. The average molecular weight is 359 g/mol. The number of esters is 1. The molecule has 1 N–H and O–H groups in total. The summed E-state index contributed by atoms with van der Waals surface area (Å²) in [7, 11) is 0. The highest BCUT2D eigenvalue weighted by Gasteiger charge is 2.24. The molecule has 2 rings (SSSR count). The van der Waals surface area contributed by atoms with Crippen LogP contribution in [-0.2, 0) is 16.0 Å². The number of hydrogen-bond acceptors (Lipinski definition) is 5. The first-order valence-corrected chi connectivity index (χ1v) is 8.70. The van der Waals surface area contributed by atoms with Crippen molar-refractivity contribution in [2.24, 2.45) is 0 Å². The van der Waals surface area contributed by atoms with Crippen LogP contribution in [0.25, 0.3) is 0 Å². The van der Waals surface area contributed by atoms with E-state index in [9.17, 15) is 9.90 Å². The van der Waals surface area contributed by atoms with Gasteiger partial charge in [-0.05, 0) is 31.7 Å². The Labute approximate surface area is 147 Å². The Kier molecular flexibility index (Phi) is 6.23. The van der Waals surface area contributed by atoms with Crippen LogP contribution in [0.1, 0.15) is 45.1 Å². The lowest BCUT2D eigenvalue weighted by Crippen LogP contribution is -2.29. The van der Waals surface area contributed by atoms with Crippen molar-refractivity contribution in [2.45, 2.75) is 63.1 Å². The largest absolute Gasteiger partial charge is 0.462 e. The highest BCUT2D eigenvalue weighted by Crippen LogP contribution is 2.32. The molecule has 0 spiro atoms. The summed E-state index contributed by atoms with van der Waals surface area (Å²) in [4.78, 5) is 12.2. The van der Waals surface area contributed by atoms with Crippen LogP contribution in [0.2, 0.25) is 5.02 Å². The maximum atomic E-state index is 12.2. The van der Waals surface area contributed by atoms with Crippen LogP contribution in [0.4, 0.5) is 0 Å². The molecule has 0 saturated heterocycles. The zero-order valence-corrected chi connectivity index (χ0v) is 15.1. The van der Waals surface area contributed by atoms with Crippen molar-refractivity contribution in [1.29, 1.82) is 0 Å². The minimum absolute atomic E-state index is 0.0553. The van der Waals surface area contributed by atoms with Gasteiger partial charge in [-0.1, -0.05) is 23.7 Å². The molecule has 1 aromatic rings. The second-order valence-electron chi connectivity index (χ2n) is 6.39. The van der Waals surface area contributed by atoms with Gasteiger partial charge in [-0.25, -0.2) is 0 Å². The zero-order chi connectivity index (χ0) is 17.0. The Hall–Kier alpha value is -0.910. The Morgan fingerprint density at radius 3 is 2.83 bits per heavy atom. The number of carbonyl (C=O) groups excluding carboxylic acids is 1. The lowest BCUT2D eigenvalue weighted by atomic mass is 9.97. The van der Waals surface area contributed by atoms with E-state index in [0.29, 0.717) is 21.6 Å². The molecule has 23 heavy (non-hydrogen) atoms. The minimum atomic E-state index is -1.38. The van der Waals surface area contributed by atoms with Gasteiger partial charge in [0.05, 0.1) is 11.4 Å². The first-order chi connectivity index (χ1) is 10.7. The highest BCUT2D eigenvalue weighted by molar-refractivity contribution is 7.80. The lowest BCUT2D eigenvalue weighted by molar-refractivity contribution is -0.149. The van der Waals surface area contributed by atoms with Crippen LogP contribution in [0.15, 0.2) is 18.2 Å². The van der Waals surface area contributed by atoms with Gasteiger partial charge in [-0.15, -0.1) is 0 Å². The van der Waals surface area contributed by atoms with Crippen molar-refractivity contribution in [3.05, 3.63) is 28.8 Å². The molecule has 6 heteroatoms. The summed E-state index contributed by atoms with van der Waals surface area (Å²) < 4.78 is 11.0. The summed E-state index contributed by atoms with van der Waals surface area (Å²) in [6, 6.07) is 5.15. The molecule has 1 aliphatic carbocycles. The van der Waals surface area contributed by atoms with E-state index in [1.54, 1.807) is 18.2 Å². The smallest absolute Gasteiger partial charge is 0.310 e. The first kappa shape index (κ1) is 18.4. The normalized spacial score (nSPS) is 21.8. The van der Waals surface area contributed by atoms with E-state index in [0.717, 1.165) is 25.7 Å². The number of carbonyl (C=O) groups is 1. The molecule has 2 atom stereocenters. The molecule has 0 aliphatic heterocycles. The Morgan fingerprint density at radius 2 is 2.17 bits per heavy atom. The molecule has 128 valence electrons. The molecule has 1 aromatic carbocycles. The van der Waals surface area contributed by atoms with Gasteiger partial charge in [0.1, 0.15) is 11.9 Å². The number of ether oxygens (including phenoxy) is 2. The molecule has 0 heterocycles. The van der Waals surface area contributed by atoms with Crippen LogP contribution < -0.4 is 4.74 Å². The Morgan fingerprint density at radius 1 is 1.43 bits per heavy atom. The van der Waals surface area contributed by atoms with E-state index in [-0.39, 0.29) is 18.5 Å². The van der Waals surface area contributed by atoms with Gasteiger partial charge in [0, 0.05) is 24.7 Å². The predicted molar refractivity (Wildman–Crippen MR) is 93.2 cm³/mol. The van der Waals surface area contributed by atoms with Crippen LogP contribution >= 0.6 is 24.2 Å². The van der Waals surface area contributed by atoms with Gasteiger partial charge in [0.25, 0.3) is 0 Å². The number of hydrogen-bond donors (Lipinski definition) is 2. The molecule has 1 aliphatic rings. The maximum absolute atomic E-state index is 12.2. The van der Waals surface area contributed by atoms with E-state index in [2.05, 4.69) is 12.6 Å². The zero-order valence-electron chi connectivity index (χ0n) is 13.4. The maximum Gasteiger partial charge on any atom is 0.310 e. The van der Waals surface area contributed by atoms with E-state index >= 15 is 0 Å². The molecule has 4 nitrogen and oxygen atoms in total. The van der Waals surface area contributed by atoms with Crippen LogP contribution in [0.3, 0.4) is 0 Å². The van der Waals surface area contributed by atoms with Gasteiger partial charge in [0.15, 0.2) is 0 Å². The fraction of sp³-hybridized carbons (Fsp3) is 0.588. The van der Waals surface area contributed by atoms with Crippen LogP contribution in [-0.4, -0.2) is 28.2 Å². The molecule has 0 amide bonds. The third-order valence-electron chi connectivity index (χ3n) is 3.63. The van der Waals surface area contributed by atoms with Crippen LogP contribution in [0, 0.1) is 0 Å². The van der Waals surface area contributed by atoms with E-state index < -0.39 is 5.79 Å².